The van der Waals surface area contributed by atoms with Gasteiger partial charge in [0.25, 0.3) is 5.91 Å². The van der Waals surface area contributed by atoms with Gasteiger partial charge in [-0.05, 0) is 18.6 Å². The van der Waals surface area contributed by atoms with Crippen LogP contribution in [-0.2, 0) is 6.54 Å². The average molecular weight is 274 g/mol. The van der Waals surface area contributed by atoms with Gasteiger partial charge in [-0.3, -0.25) is 4.79 Å². The van der Waals surface area contributed by atoms with Crippen molar-refractivity contribution in [3.63, 3.8) is 0 Å². The number of nitrogens with zero attached hydrogens (tertiary/aromatic N) is 2. The summed E-state index contributed by atoms with van der Waals surface area (Å²) in [6.07, 6.45) is 6.19. The number of ether oxygens (including phenoxy) is 1. The standard InChI is InChI=1S/C14H18N4O2/c1-20-12-5-2-4-11(15)13(12)14(19)17-6-3-8-18-9-7-16-10-18/h2,4-5,7,9-10H,3,6,8,15H2,1H3,(H,17,19). The predicted octanol–water partition coefficient (Wildman–Crippen LogP) is 1.29. The van der Waals surface area contributed by atoms with E-state index in [4.69, 9.17) is 10.5 Å². The first-order chi connectivity index (χ1) is 9.72. The molecule has 2 aromatic rings. The first-order valence-corrected chi connectivity index (χ1v) is 6.39. The van der Waals surface area contributed by atoms with Crippen molar-refractivity contribution in [2.75, 3.05) is 19.4 Å². The molecule has 1 heterocycles. The van der Waals surface area contributed by atoms with Crippen molar-refractivity contribution in [2.24, 2.45) is 0 Å². The molecule has 0 spiro atoms. The van der Waals surface area contributed by atoms with Crippen molar-refractivity contribution in [1.29, 1.82) is 0 Å². The molecule has 0 atom stereocenters. The van der Waals surface area contributed by atoms with Gasteiger partial charge in [0.15, 0.2) is 0 Å². The van der Waals surface area contributed by atoms with Crippen LogP contribution in [0.4, 0.5) is 5.69 Å². The van der Waals surface area contributed by atoms with Crippen molar-refractivity contribution < 1.29 is 9.53 Å². The zero-order valence-corrected chi connectivity index (χ0v) is 11.4. The molecule has 2 rings (SSSR count). The number of rotatable bonds is 6. The van der Waals surface area contributed by atoms with Crippen LogP contribution in [-0.4, -0.2) is 29.1 Å². The van der Waals surface area contributed by atoms with Gasteiger partial charge in [-0.25, -0.2) is 4.98 Å². The summed E-state index contributed by atoms with van der Waals surface area (Å²) in [7, 11) is 1.52. The van der Waals surface area contributed by atoms with E-state index < -0.39 is 0 Å². The molecule has 1 amide bonds. The zero-order valence-electron chi connectivity index (χ0n) is 11.4. The summed E-state index contributed by atoms with van der Waals surface area (Å²) >= 11 is 0. The maximum atomic E-state index is 12.1. The quantitative estimate of drug-likeness (QED) is 0.614. The number of anilines is 1. The summed E-state index contributed by atoms with van der Waals surface area (Å²) in [5, 5.41) is 2.84. The van der Waals surface area contributed by atoms with Crippen molar-refractivity contribution in [3.05, 3.63) is 42.5 Å². The molecule has 0 aliphatic rings. The number of methoxy groups -OCH3 is 1. The molecule has 6 nitrogen and oxygen atoms in total. The Balaban J connectivity index is 1.89. The molecular formula is C14H18N4O2. The van der Waals surface area contributed by atoms with Crippen LogP contribution in [0.2, 0.25) is 0 Å². The number of carbonyl (C=O) groups is 1. The first kappa shape index (κ1) is 13.9. The highest BCUT2D eigenvalue weighted by Crippen LogP contribution is 2.23. The molecule has 20 heavy (non-hydrogen) atoms. The van der Waals surface area contributed by atoms with Crippen LogP contribution in [0, 0.1) is 0 Å². The summed E-state index contributed by atoms with van der Waals surface area (Å²) in [4.78, 5) is 16.1. The normalized spacial score (nSPS) is 10.2. The average Bonchev–Trinajstić information content (AvgIpc) is 2.96. The number of nitrogen functional groups attached to an aromatic ring is 1. The number of nitrogens with two attached hydrogens (primary N) is 1. The summed E-state index contributed by atoms with van der Waals surface area (Å²) < 4.78 is 7.12. The Hall–Kier alpha value is -2.50. The molecule has 106 valence electrons. The summed E-state index contributed by atoms with van der Waals surface area (Å²) in [6, 6.07) is 5.16. The highest BCUT2D eigenvalue weighted by molar-refractivity contribution is 6.01. The maximum Gasteiger partial charge on any atom is 0.257 e. The fraction of sp³-hybridized carbons (Fsp3) is 0.286. The van der Waals surface area contributed by atoms with Crippen molar-refractivity contribution >= 4 is 11.6 Å². The largest absolute Gasteiger partial charge is 0.496 e. The highest BCUT2D eigenvalue weighted by atomic mass is 16.5. The Morgan fingerprint density at radius 1 is 1.50 bits per heavy atom. The lowest BCUT2D eigenvalue weighted by molar-refractivity contribution is 0.0950. The number of hydrogen-bond donors (Lipinski definition) is 2. The topological polar surface area (TPSA) is 82.2 Å². The van der Waals surface area contributed by atoms with Gasteiger partial charge in [-0.2, -0.15) is 0 Å². The Bertz CT molecular complexity index is 567. The third-order valence-corrected chi connectivity index (χ3v) is 2.94. The third kappa shape index (κ3) is 3.28. The molecule has 1 aromatic carbocycles. The van der Waals surface area contributed by atoms with Gasteiger partial charge in [-0.15, -0.1) is 0 Å². The van der Waals surface area contributed by atoms with Gasteiger partial charge in [0.1, 0.15) is 11.3 Å². The number of amides is 1. The predicted molar refractivity (Wildman–Crippen MR) is 76.6 cm³/mol. The lowest BCUT2D eigenvalue weighted by Crippen LogP contribution is -2.26. The number of aryl methyl sites for hydroxylation is 1. The second-order valence-corrected chi connectivity index (χ2v) is 4.33. The van der Waals surface area contributed by atoms with Gasteiger partial charge in [0, 0.05) is 31.2 Å². The van der Waals surface area contributed by atoms with Gasteiger partial charge >= 0.3 is 0 Å². The molecule has 0 aliphatic heterocycles. The summed E-state index contributed by atoms with van der Waals surface area (Å²) in [5.41, 5.74) is 6.63. The SMILES string of the molecule is COc1cccc(N)c1C(=O)NCCCn1ccnc1. The lowest BCUT2D eigenvalue weighted by atomic mass is 10.1. The maximum absolute atomic E-state index is 12.1. The van der Waals surface area contributed by atoms with Crippen LogP contribution in [0.5, 0.6) is 5.75 Å². The lowest BCUT2D eigenvalue weighted by Gasteiger charge is -2.11. The third-order valence-electron chi connectivity index (χ3n) is 2.94. The molecular weight excluding hydrogens is 256 g/mol. The molecule has 0 fully saturated rings. The monoisotopic (exact) mass is 274 g/mol. The number of imidazole rings is 1. The molecule has 1 aromatic heterocycles. The minimum atomic E-state index is -0.217. The number of carbonyl (C=O) groups excluding carboxylic acids is 1. The smallest absolute Gasteiger partial charge is 0.257 e. The van der Waals surface area contributed by atoms with E-state index in [9.17, 15) is 4.79 Å². The minimum Gasteiger partial charge on any atom is -0.496 e. The van der Waals surface area contributed by atoms with Crippen LogP contribution in [0.1, 0.15) is 16.8 Å². The Kier molecular flexibility index (Phi) is 4.60. The number of hydrogen-bond acceptors (Lipinski definition) is 4. The van der Waals surface area contributed by atoms with E-state index in [0.717, 1.165) is 13.0 Å². The van der Waals surface area contributed by atoms with E-state index in [1.165, 1.54) is 7.11 Å². The van der Waals surface area contributed by atoms with Crippen LogP contribution >= 0.6 is 0 Å². The summed E-state index contributed by atoms with van der Waals surface area (Å²) in [6.45, 7) is 1.37. The van der Waals surface area contributed by atoms with Crippen molar-refractivity contribution in [2.45, 2.75) is 13.0 Å². The molecule has 0 unspecified atom stereocenters. The summed E-state index contributed by atoms with van der Waals surface area (Å²) in [5.74, 6) is 0.266. The Morgan fingerprint density at radius 2 is 2.35 bits per heavy atom. The van der Waals surface area contributed by atoms with E-state index in [1.54, 1.807) is 30.7 Å². The number of nitrogens with one attached hydrogen (secondary N) is 1. The van der Waals surface area contributed by atoms with Gasteiger partial charge in [0.05, 0.1) is 13.4 Å². The molecule has 3 N–H and O–H groups in total. The Morgan fingerprint density at radius 3 is 3.05 bits per heavy atom. The van der Waals surface area contributed by atoms with E-state index in [0.29, 0.717) is 23.5 Å². The van der Waals surface area contributed by atoms with E-state index in [-0.39, 0.29) is 5.91 Å². The molecule has 0 radical (unpaired) electrons. The second-order valence-electron chi connectivity index (χ2n) is 4.33. The number of benzene rings is 1. The fourth-order valence-corrected chi connectivity index (χ4v) is 1.93. The molecule has 0 bridgehead atoms. The van der Waals surface area contributed by atoms with E-state index in [1.807, 2.05) is 10.8 Å². The van der Waals surface area contributed by atoms with Crippen LogP contribution in [0.25, 0.3) is 0 Å². The van der Waals surface area contributed by atoms with Gasteiger partial charge in [-0.1, -0.05) is 6.07 Å². The zero-order chi connectivity index (χ0) is 14.4. The van der Waals surface area contributed by atoms with Crippen molar-refractivity contribution in [3.8, 4) is 5.75 Å². The van der Waals surface area contributed by atoms with E-state index in [2.05, 4.69) is 10.3 Å². The van der Waals surface area contributed by atoms with Crippen LogP contribution < -0.4 is 15.8 Å². The van der Waals surface area contributed by atoms with Crippen LogP contribution in [0.15, 0.2) is 36.9 Å². The Labute approximate surface area is 117 Å². The first-order valence-electron chi connectivity index (χ1n) is 6.39. The van der Waals surface area contributed by atoms with Gasteiger partial charge in [0.2, 0.25) is 0 Å². The molecule has 6 heteroatoms. The number of aromatic nitrogens is 2. The second kappa shape index (κ2) is 6.60. The molecule has 0 saturated heterocycles. The van der Waals surface area contributed by atoms with Crippen LogP contribution in [0.3, 0.4) is 0 Å². The van der Waals surface area contributed by atoms with Gasteiger partial charge < -0.3 is 20.4 Å². The van der Waals surface area contributed by atoms with E-state index >= 15 is 0 Å². The highest BCUT2D eigenvalue weighted by Gasteiger charge is 2.14. The molecule has 0 saturated carbocycles. The molecule has 0 aliphatic carbocycles. The minimum absolute atomic E-state index is 0.217. The fourth-order valence-electron chi connectivity index (χ4n) is 1.93. The van der Waals surface area contributed by atoms with Crippen molar-refractivity contribution in [1.82, 2.24) is 14.9 Å².